The van der Waals surface area contributed by atoms with E-state index < -0.39 is 29.9 Å². The Bertz CT molecular complexity index is 1090. The summed E-state index contributed by atoms with van der Waals surface area (Å²) in [7, 11) is 0. The van der Waals surface area contributed by atoms with Gasteiger partial charge in [0.1, 0.15) is 11.3 Å². The van der Waals surface area contributed by atoms with Gasteiger partial charge in [-0.25, -0.2) is 14.5 Å². The van der Waals surface area contributed by atoms with Crippen LogP contribution in [-0.4, -0.2) is 35.0 Å². The highest BCUT2D eigenvalue weighted by atomic mass is 16.5. The van der Waals surface area contributed by atoms with E-state index in [0.717, 1.165) is 16.0 Å². The van der Waals surface area contributed by atoms with Crippen molar-refractivity contribution in [2.75, 3.05) is 4.90 Å². The SMILES string of the molecule is Cc1cccc(N2C(=O)NC(=O)/C(=C\c3ccccc3O[C@@H](C)C(=O)O)C2=O)c1C. The molecule has 2 N–H and O–H groups in total. The van der Waals surface area contributed by atoms with E-state index in [9.17, 15) is 19.2 Å². The van der Waals surface area contributed by atoms with Crippen molar-refractivity contribution >= 4 is 35.6 Å². The van der Waals surface area contributed by atoms with Gasteiger partial charge in [-0.2, -0.15) is 0 Å². The molecule has 0 spiro atoms. The largest absolute Gasteiger partial charge is 0.479 e. The number of urea groups is 1. The van der Waals surface area contributed by atoms with Crippen LogP contribution in [0.1, 0.15) is 23.6 Å². The molecule has 0 aromatic heterocycles. The number of anilines is 1. The third-order valence-corrected chi connectivity index (χ3v) is 4.79. The highest BCUT2D eigenvalue weighted by molar-refractivity contribution is 6.39. The van der Waals surface area contributed by atoms with Crippen LogP contribution in [0, 0.1) is 13.8 Å². The zero-order valence-corrected chi connectivity index (χ0v) is 16.6. The van der Waals surface area contributed by atoms with Crippen molar-refractivity contribution in [3.8, 4) is 5.75 Å². The number of carboxylic acid groups (broad SMARTS) is 1. The summed E-state index contributed by atoms with van der Waals surface area (Å²) in [6.07, 6.45) is 0.153. The van der Waals surface area contributed by atoms with Crippen LogP contribution >= 0.6 is 0 Å². The Labute approximate surface area is 172 Å². The molecule has 0 bridgehead atoms. The number of hydrogen-bond acceptors (Lipinski definition) is 5. The zero-order valence-electron chi connectivity index (χ0n) is 16.6. The first kappa shape index (κ1) is 20.8. The number of imide groups is 2. The first-order chi connectivity index (χ1) is 14.2. The Balaban J connectivity index is 2.04. The molecule has 1 aliphatic rings. The van der Waals surface area contributed by atoms with Crippen LogP contribution < -0.4 is 15.0 Å². The number of ether oxygens (including phenoxy) is 1. The van der Waals surface area contributed by atoms with Gasteiger partial charge in [0, 0.05) is 5.56 Å². The predicted octanol–water partition coefficient (Wildman–Crippen LogP) is 2.82. The van der Waals surface area contributed by atoms with Crippen LogP contribution in [0.25, 0.3) is 6.08 Å². The molecule has 154 valence electrons. The van der Waals surface area contributed by atoms with Crippen molar-refractivity contribution in [1.29, 1.82) is 0 Å². The van der Waals surface area contributed by atoms with E-state index in [1.807, 2.05) is 13.0 Å². The van der Waals surface area contributed by atoms with Crippen molar-refractivity contribution in [3.05, 3.63) is 64.7 Å². The molecule has 2 aromatic carbocycles. The molecule has 0 saturated carbocycles. The second-order valence-corrected chi connectivity index (χ2v) is 6.81. The molecule has 1 aliphatic heterocycles. The molecule has 0 aliphatic carbocycles. The number of carboxylic acids is 1. The van der Waals surface area contributed by atoms with Gasteiger partial charge in [-0.15, -0.1) is 0 Å². The predicted molar refractivity (Wildman–Crippen MR) is 109 cm³/mol. The number of aliphatic carboxylic acids is 1. The van der Waals surface area contributed by atoms with Crippen LogP contribution in [0.4, 0.5) is 10.5 Å². The van der Waals surface area contributed by atoms with E-state index in [-0.39, 0.29) is 11.3 Å². The zero-order chi connectivity index (χ0) is 22.0. The number of aryl methyl sites for hydroxylation is 1. The number of rotatable bonds is 5. The monoisotopic (exact) mass is 408 g/mol. The van der Waals surface area contributed by atoms with Crippen LogP contribution in [0.5, 0.6) is 5.75 Å². The van der Waals surface area contributed by atoms with Gasteiger partial charge in [0.25, 0.3) is 11.8 Å². The minimum atomic E-state index is -1.16. The molecule has 3 rings (SSSR count). The maximum absolute atomic E-state index is 13.1. The van der Waals surface area contributed by atoms with Gasteiger partial charge in [0.15, 0.2) is 6.10 Å². The van der Waals surface area contributed by atoms with Crippen molar-refractivity contribution in [3.63, 3.8) is 0 Å². The summed E-state index contributed by atoms with van der Waals surface area (Å²) >= 11 is 0. The van der Waals surface area contributed by atoms with Gasteiger partial charge in [0.05, 0.1) is 5.69 Å². The van der Waals surface area contributed by atoms with Crippen LogP contribution in [0.2, 0.25) is 0 Å². The van der Waals surface area contributed by atoms with Crippen LogP contribution in [-0.2, 0) is 14.4 Å². The average molecular weight is 408 g/mol. The minimum Gasteiger partial charge on any atom is -0.479 e. The number of para-hydroxylation sites is 1. The highest BCUT2D eigenvalue weighted by Gasteiger charge is 2.37. The molecule has 1 heterocycles. The summed E-state index contributed by atoms with van der Waals surface area (Å²) < 4.78 is 5.42. The van der Waals surface area contributed by atoms with E-state index in [2.05, 4.69) is 5.32 Å². The normalized spacial score (nSPS) is 16.4. The number of carbonyl (C=O) groups excluding carboxylic acids is 3. The number of carbonyl (C=O) groups is 4. The van der Waals surface area contributed by atoms with E-state index in [4.69, 9.17) is 9.84 Å². The number of benzene rings is 2. The second-order valence-electron chi connectivity index (χ2n) is 6.81. The molecule has 1 fully saturated rings. The van der Waals surface area contributed by atoms with Gasteiger partial charge in [-0.1, -0.05) is 30.3 Å². The molecular formula is C22H20N2O6. The van der Waals surface area contributed by atoms with E-state index in [1.54, 1.807) is 37.3 Å². The fraction of sp³-hybridized carbons (Fsp3) is 0.182. The Morgan fingerprint density at radius 1 is 1.10 bits per heavy atom. The fourth-order valence-electron chi connectivity index (χ4n) is 2.96. The lowest BCUT2D eigenvalue weighted by Gasteiger charge is -2.28. The van der Waals surface area contributed by atoms with Crippen molar-refractivity contribution in [2.45, 2.75) is 26.9 Å². The first-order valence-corrected chi connectivity index (χ1v) is 9.17. The number of nitrogens with zero attached hydrogens (tertiary/aromatic N) is 1. The third kappa shape index (κ3) is 3.93. The molecule has 8 nitrogen and oxygen atoms in total. The van der Waals surface area contributed by atoms with Crippen molar-refractivity contribution in [2.24, 2.45) is 0 Å². The molecule has 0 unspecified atom stereocenters. The fourth-order valence-corrected chi connectivity index (χ4v) is 2.96. The lowest BCUT2D eigenvalue weighted by Crippen LogP contribution is -2.54. The Hall–Kier alpha value is -3.94. The quantitative estimate of drug-likeness (QED) is 0.581. The summed E-state index contributed by atoms with van der Waals surface area (Å²) in [6.45, 7) is 5.00. The number of nitrogens with one attached hydrogen (secondary N) is 1. The second kappa shape index (κ2) is 8.20. The van der Waals surface area contributed by atoms with Gasteiger partial charge >= 0.3 is 12.0 Å². The van der Waals surface area contributed by atoms with Gasteiger partial charge in [-0.3, -0.25) is 14.9 Å². The molecule has 8 heteroatoms. The van der Waals surface area contributed by atoms with Gasteiger partial charge in [-0.05, 0) is 50.1 Å². The molecular weight excluding hydrogens is 388 g/mol. The van der Waals surface area contributed by atoms with Crippen LogP contribution in [0.15, 0.2) is 48.0 Å². The van der Waals surface area contributed by atoms with E-state index >= 15 is 0 Å². The lowest BCUT2D eigenvalue weighted by atomic mass is 10.0. The summed E-state index contributed by atoms with van der Waals surface area (Å²) in [5.41, 5.74) is 2.06. The Morgan fingerprint density at radius 2 is 1.80 bits per heavy atom. The van der Waals surface area contributed by atoms with Crippen LogP contribution in [0.3, 0.4) is 0 Å². The van der Waals surface area contributed by atoms with Gasteiger partial charge in [0.2, 0.25) is 0 Å². The lowest BCUT2D eigenvalue weighted by molar-refractivity contribution is -0.144. The summed E-state index contributed by atoms with van der Waals surface area (Å²) in [5.74, 6) is -2.59. The van der Waals surface area contributed by atoms with Crippen molar-refractivity contribution in [1.82, 2.24) is 5.32 Å². The van der Waals surface area contributed by atoms with E-state index in [0.29, 0.717) is 11.3 Å². The standard InChI is InChI=1S/C22H20N2O6/c1-12-7-6-9-17(13(12)2)24-20(26)16(19(25)23-22(24)29)11-15-8-4-5-10-18(15)30-14(3)21(27)28/h4-11,14H,1-3H3,(H,27,28)(H,23,25,29)/b16-11+/t14-/m0/s1. The summed E-state index contributed by atoms with van der Waals surface area (Å²) in [4.78, 5) is 49.9. The number of amides is 4. The Kier molecular flexibility index (Phi) is 5.68. The van der Waals surface area contributed by atoms with Crippen molar-refractivity contribution < 1.29 is 29.0 Å². The molecule has 1 saturated heterocycles. The first-order valence-electron chi connectivity index (χ1n) is 9.17. The van der Waals surface area contributed by atoms with Gasteiger partial charge < -0.3 is 9.84 Å². The van der Waals surface area contributed by atoms with E-state index in [1.165, 1.54) is 19.1 Å². The minimum absolute atomic E-state index is 0.190. The summed E-state index contributed by atoms with van der Waals surface area (Å²) in [6, 6.07) is 10.8. The molecule has 0 radical (unpaired) electrons. The molecule has 1 atom stereocenters. The smallest absolute Gasteiger partial charge is 0.344 e. The number of barbiturate groups is 1. The highest BCUT2D eigenvalue weighted by Crippen LogP contribution is 2.28. The molecule has 2 aromatic rings. The molecule has 4 amide bonds. The topological polar surface area (TPSA) is 113 Å². The Morgan fingerprint density at radius 3 is 2.50 bits per heavy atom. The average Bonchev–Trinajstić information content (AvgIpc) is 2.69. The number of hydrogen-bond donors (Lipinski definition) is 2. The maximum atomic E-state index is 13.1. The summed E-state index contributed by atoms with van der Waals surface area (Å²) in [5, 5.41) is 11.3. The maximum Gasteiger partial charge on any atom is 0.344 e. The third-order valence-electron chi connectivity index (χ3n) is 4.79. The molecule has 30 heavy (non-hydrogen) atoms.